The number of hydrogen-bond donors (Lipinski definition) is 1. The third kappa shape index (κ3) is 3.15. The minimum atomic E-state index is -0.892. The number of nitro benzene ring substituents is 1. The smallest absolute Gasteiger partial charge is 0.323 e. The number of aliphatic hydroxyl groups is 1. The van der Waals surface area contributed by atoms with Crippen LogP contribution in [0.4, 0.5) is 11.4 Å². The molecular weight excluding hydrogens is 300 g/mol. The molecule has 0 saturated heterocycles. The zero-order valence-corrected chi connectivity index (χ0v) is 11.6. The Morgan fingerprint density at radius 2 is 1.81 bits per heavy atom. The van der Waals surface area contributed by atoms with E-state index >= 15 is 0 Å². The number of hydrogen-bond acceptors (Lipinski definition) is 7. The average molecular weight is 310 g/mol. The fourth-order valence-corrected chi connectivity index (χ4v) is 2.51. The first-order valence-corrected chi connectivity index (χ1v) is 6.59. The van der Waals surface area contributed by atoms with Crippen LogP contribution in [0.25, 0.3) is 0 Å². The van der Waals surface area contributed by atoms with Crippen molar-refractivity contribution in [2.24, 2.45) is 0 Å². The van der Waals surface area contributed by atoms with Crippen LogP contribution in [-0.4, -0.2) is 15.0 Å². The standard InChI is InChI=1S/C12H10N2O6S/c1-7(15)11-6-9(14(18)19)12(21-11)20-10-5-3-2-4-8(10)13(16)17/h2-7,15H,1H3/t7-/m0/s1. The molecule has 0 aliphatic heterocycles. The lowest BCUT2D eigenvalue weighted by atomic mass is 10.3. The molecule has 0 fully saturated rings. The number of nitro groups is 2. The molecule has 2 rings (SSSR count). The molecule has 1 aromatic carbocycles. The van der Waals surface area contributed by atoms with E-state index < -0.39 is 16.0 Å². The van der Waals surface area contributed by atoms with Gasteiger partial charge in [0.15, 0.2) is 0 Å². The van der Waals surface area contributed by atoms with E-state index in [4.69, 9.17) is 4.74 Å². The van der Waals surface area contributed by atoms with Gasteiger partial charge in [0.05, 0.1) is 16.0 Å². The molecule has 2 aromatic rings. The van der Waals surface area contributed by atoms with Crippen LogP contribution in [0, 0.1) is 20.2 Å². The molecule has 0 radical (unpaired) electrons. The van der Waals surface area contributed by atoms with Crippen molar-refractivity contribution in [1.29, 1.82) is 0 Å². The number of ether oxygens (including phenoxy) is 1. The van der Waals surface area contributed by atoms with Crippen LogP contribution in [0.1, 0.15) is 17.9 Å². The van der Waals surface area contributed by atoms with Gasteiger partial charge in [0.25, 0.3) is 5.06 Å². The van der Waals surface area contributed by atoms with Gasteiger partial charge in [-0.3, -0.25) is 20.2 Å². The predicted octanol–water partition coefficient (Wildman–Crippen LogP) is 3.41. The van der Waals surface area contributed by atoms with Gasteiger partial charge in [-0.15, -0.1) is 0 Å². The third-order valence-corrected chi connectivity index (χ3v) is 3.74. The second kappa shape index (κ2) is 5.85. The highest BCUT2D eigenvalue weighted by atomic mass is 32.1. The first-order chi connectivity index (χ1) is 9.90. The Balaban J connectivity index is 2.44. The molecular formula is C12H10N2O6S. The molecule has 1 atom stereocenters. The van der Waals surface area contributed by atoms with Crippen LogP contribution >= 0.6 is 11.3 Å². The van der Waals surface area contributed by atoms with E-state index in [-0.39, 0.29) is 22.2 Å². The molecule has 9 heteroatoms. The van der Waals surface area contributed by atoms with E-state index in [2.05, 4.69) is 0 Å². The normalized spacial score (nSPS) is 11.9. The summed E-state index contributed by atoms with van der Waals surface area (Å²) in [5.74, 6) is -0.0930. The Morgan fingerprint density at radius 1 is 1.19 bits per heavy atom. The molecule has 0 unspecified atom stereocenters. The second-order valence-electron chi connectivity index (χ2n) is 4.08. The van der Waals surface area contributed by atoms with E-state index in [0.717, 1.165) is 11.3 Å². The Kier molecular flexibility index (Phi) is 4.15. The zero-order chi connectivity index (χ0) is 15.6. The van der Waals surface area contributed by atoms with Crippen molar-refractivity contribution in [2.45, 2.75) is 13.0 Å². The van der Waals surface area contributed by atoms with Crippen molar-refractivity contribution in [2.75, 3.05) is 0 Å². The summed E-state index contributed by atoms with van der Waals surface area (Å²) in [6.45, 7) is 1.46. The van der Waals surface area contributed by atoms with Gasteiger partial charge in [0.1, 0.15) is 0 Å². The number of rotatable bonds is 5. The van der Waals surface area contributed by atoms with Gasteiger partial charge in [0, 0.05) is 17.0 Å². The van der Waals surface area contributed by atoms with Gasteiger partial charge in [-0.25, -0.2) is 0 Å². The van der Waals surface area contributed by atoms with Crippen LogP contribution in [-0.2, 0) is 0 Å². The minimum absolute atomic E-state index is 0.0930. The second-order valence-corrected chi connectivity index (χ2v) is 5.13. The minimum Gasteiger partial charge on any atom is -0.433 e. The topological polar surface area (TPSA) is 116 Å². The van der Waals surface area contributed by atoms with E-state index in [1.807, 2.05) is 0 Å². The number of benzene rings is 1. The van der Waals surface area contributed by atoms with Crippen LogP contribution < -0.4 is 4.74 Å². The average Bonchev–Trinajstić information content (AvgIpc) is 2.83. The summed E-state index contributed by atoms with van der Waals surface area (Å²) in [6, 6.07) is 6.78. The molecule has 0 spiro atoms. The fourth-order valence-electron chi connectivity index (χ4n) is 1.58. The molecule has 0 bridgehead atoms. The lowest BCUT2D eigenvalue weighted by Gasteiger charge is -2.03. The van der Waals surface area contributed by atoms with Gasteiger partial charge in [0.2, 0.25) is 5.75 Å². The fraction of sp³-hybridized carbons (Fsp3) is 0.167. The molecule has 0 saturated carbocycles. The first-order valence-electron chi connectivity index (χ1n) is 5.77. The highest BCUT2D eigenvalue weighted by Gasteiger charge is 2.25. The Hall–Kier alpha value is -2.52. The van der Waals surface area contributed by atoms with Crippen molar-refractivity contribution in [3.8, 4) is 10.8 Å². The molecule has 0 aliphatic rings. The van der Waals surface area contributed by atoms with Gasteiger partial charge < -0.3 is 9.84 Å². The Labute approximate surface area is 122 Å². The number of thiophene rings is 1. The van der Waals surface area contributed by atoms with Crippen LogP contribution in [0.3, 0.4) is 0 Å². The molecule has 0 amide bonds. The maximum Gasteiger partial charge on any atom is 0.323 e. The van der Waals surface area contributed by atoms with E-state index in [1.54, 1.807) is 0 Å². The number of para-hydroxylation sites is 2. The molecule has 1 N–H and O–H groups in total. The van der Waals surface area contributed by atoms with Crippen LogP contribution in [0.15, 0.2) is 30.3 Å². The van der Waals surface area contributed by atoms with Crippen molar-refractivity contribution in [1.82, 2.24) is 0 Å². The molecule has 21 heavy (non-hydrogen) atoms. The summed E-state index contributed by atoms with van der Waals surface area (Å²) in [5, 5.41) is 31.3. The SMILES string of the molecule is C[C@H](O)c1cc([N+](=O)[O-])c(Oc2ccccc2[N+](=O)[O-])s1. The molecule has 0 aliphatic carbocycles. The molecule has 8 nitrogen and oxygen atoms in total. The third-order valence-electron chi connectivity index (χ3n) is 2.57. The van der Waals surface area contributed by atoms with Crippen molar-refractivity contribution in [3.63, 3.8) is 0 Å². The van der Waals surface area contributed by atoms with Crippen LogP contribution in [0.5, 0.6) is 10.8 Å². The van der Waals surface area contributed by atoms with Gasteiger partial charge in [-0.1, -0.05) is 23.5 Å². The molecule has 1 aromatic heterocycles. The van der Waals surface area contributed by atoms with Gasteiger partial charge in [-0.05, 0) is 13.0 Å². The van der Waals surface area contributed by atoms with E-state index in [1.165, 1.54) is 37.3 Å². The lowest BCUT2D eigenvalue weighted by Crippen LogP contribution is -1.94. The highest BCUT2D eigenvalue weighted by molar-refractivity contribution is 7.14. The zero-order valence-electron chi connectivity index (χ0n) is 10.8. The van der Waals surface area contributed by atoms with Gasteiger partial charge >= 0.3 is 11.4 Å². The van der Waals surface area contributed by atoms with Crippen LogP contribution in [0.2, 0.25) is 0 Å². The maximum atomic E-state index is 11.0. The first kappa shape index (κ1) is 14.9. The highest BCUT2D eigenvalue weighted by Crippen LogP contribution is 2.43. The summed E-state index contributed by atoms with van der Waals surface area (Å²) >= 11 is 0.875. The summed E-state index contributed by atoms with van der Waals surface area (Å²) in [5.41, 5.74) is -0.632. The maximum absolute atomic E-state index is 11.0. The lowest BCUT2D eigenvalue weighted by molar-refractivity contribution is -0.387. The van der Waals surface area contributed by atoms with Gasteiger partial charge in [-0.2, -0.15) is 0 Å². The summed E-state index contributed by atoms with van der Waals surface area (Å²) in [6.07, 6.45) is -0.892. The van der Waals surface area contributed by atoms with E-state index in [0.29, 0.717) is 4.88 Å². The monoisotopic (exact) mass is 310 g/mol. The van der Waals surface area contributed by atoms with E-state index in [9.17, 15) is 25.3 Å². The van der Waals surface area contributed by atoms with Crippen molar-refractivity contribution >= 4 is 22.7 Å². The molecule has 110 valence electrons. The van der Waals surface area contributed by atoms with Crippen molar-refractivity contribution < 1.29 is 19.7 Å². The number of nitrogens with zero attached hydrogens (tertiary/aromatic N) is 2. The summed E-state index contributed by atoms with van der Waals surface area (Å²) < 4.78 is 5.32. The number of aliphatic hydroxyl groups excluding tert-OH is 1. The Bertz CT molecular complexity index is 697. The largest absolute Gasteiger partial charge is 0.433 e. The Morgan fingerprint density at radius 3 is 2.38 bits per heavy atom. The summed E-state index contributed by atoms with van der Waals surface area (Å²) in [4.78, 5) is 20.9. The van der Waals surface area contributed by atoms with Crippen molar-refractivity contribution in [3.05, 3.63) is 55.4 Å². The molecule has 1 heterocycles. The quantitative estimate of drug-likeness (QED) is 0.668. The summed E-state index contributed by atoms with van der Waals surface area (Å²) in [7, 11) is 0. The predicted molar refractivity (Wildman–Crippen MR) is 74.8 cm³/mol.